The van der Waals surface area contributed by atoms with Gasteiger partial charge in [-0.3, -0.25) is 4.79 Å². The minimum Gasteiger partial charge on any atom is -0.479 e. The van der Waals surface area contributed by atoms with Crippen LogP contribution in [0.1, 0.15) is 21.9 Å². The Labute approximate surface area is 184 Å². The fourth-order valence-corrected chi connectivity index (χ4v) is 3.21. The Morgan fingerprint density at radius 3 is 2.50 bits per heavy atom. The molecule has 0 atom stereocenters. The first kappa shape index (κ1) is 21.1. The Morgan fingerprint density at radius 2 is 1.81 bits per heavy atom. The van der Waals surface area contributed by atoms with Crippen molar-refractivity contribution in [3.63, 3.8) is 0 Å². The van der Waals surface area contributed by atoms with Crippen molar-refractivity contribution >= 4 is 11.6 Å². The quantitative estimate of drug-likeness (QED) is 0.458. The molecule has 162 valence electrons. The van der Waals surface area contributed by atoms with E-state index in [-0.39, 0.29) is 11.8 Å². The van der Waals surface area contributed by atoms with E-state index in [0.717, 1.165) is 11.1 Å². The summed E-state index contributed by atoms with van der Waals surface area (Å²) in [6.07, 6.45) is 3.40. The molecule has 0 unspecified atom stereocenters. The van der Waals surface area contributed by atoms with Crippen LogP contribution in [0, 0.1) is 6.92 Å². The van der Waals surface area contributed by atoms with Crippen LogP contribution in [0.3, 0.4) is 0 Å². The van der Waals surface area contributed by atoms with E-state index in [2.05, 4.69) is 30.7 Å². The Morgan fingerprint density at radius 1 is 1.06 bits per heavy atom. The molecule has 3 heterocycles. The van der Waals surface area contributed by atoms with Crippen molar-refractivity contribution in [3.05, 3.63) is 72.0 Å². The van der Waals surface area contributed by atoms with Gasteiger partial charge in [-0.1, -0.05) is 35.5 Å². The van der Waals surface area contributed by atoms with Gasteiger partial charge in [0.2, 0.25) is 5.88 Å². The lowest BCUT2D eigenvalue weighted by Gasteiger charge is -2.11. The highest BCUT2D eigenvalue weighted by Gasteiger charge is 2.23. The van der Waals surface area contributed by atoms with E-state index in [0.29, 0.717) is 40.8 Å². The zero-order chi connectivity index (χ0) is 22.5. The van der Waals surface area contributed by atoms with E-state index in [1.165, 1.54) is 7.11 Å². The Bertz CT molecular complexity index is 1220. The maximum absolute atomic E-state index is 13.1. The molecule has 1 aromatic carbocycles. The van der Waals surface area contributed by atoms with Crippen molar-refractivity contribution in [3.8, 4) is 28.4 Å². The first-order valence-electron chi connectivity index (χ1n) is 9.94. The van der Waals surface area contributed by atoms with E-state index in [4.69, 9.17) is 9.26 Å². The molecule has 1 amide bonds. The molecule has 0 saturated carbocycles. The summed E-state index contributed by atoms with van der Waals surface area (Å²) in [5, 5.41) is 9.92. The van der Waals surface area contributed by atoms with Crippen LogP contribution in [0.4, 0.5) is 5.69 Å². The van der Waals surface area contributed by atoms with Crippen molar-refractivity contribution in [2.45, 2.75) is 13.5 Å². The van der Waals surface area contributed by atoms with Crippen LogP contribution >= 0.6 is 0 Å². The van der Waals surface area contributed by atoms with Crippen LogP contribution in [0.15, 0.2) is 59.4 Å². The summed E-state index contributed by atoms with van der Waals surface area (Å²) in [5.41, 5.74) is 3.41. The number of ether oxygens (including phenoxy) is 1. The van der Waals surface area contributed by atoms with Gasteiger partial charge in [-0.2, -0.15) is 0 Å². The first-order chi connectivity index (χ1) is 15.6. The van der Waals surface area contributed by atoms with Gasteiger partial charge in [0, 0.05) is 23.5 Å². The predicted octanol–water partition coefficient (Wildman–Crippen LogP) is 3.48. The Kier molecular flexibility index (Phi) is 6.18. The summed E-state index contributed by atoms with van der Waals surface area (Å²) in [6.45, 7) is 2.28. The molecule has 0 saturated heterocycles. The molecule has 0 aliphatic rings. The standard InChI is InChI=1S/C23H22N6O3/c1-14-20(21(29-32-14)15-7-5-4-6-8-15)22(30)27-18-10-9-17(28-23(18)31-3)16-11-25-19(13-24-2)26-12-16/h4-12,24H,13H2,1-3H3,(H,27,30). The molecule has 0 fully saturated rings. The smallest absolute Gasteiger partial charge is 0.261 e. The number of pyridine rings is 1. The monoisotopic (exact) mass is 430 g/mol. The molecular formula is C23H22N6O3. The van der Waals surface area contributed by atoms with Crippen LogP contribution in [0.2, 0.25) is 0 Å². The third kappa shape index (κ3) is 4.33. The average Bonchev–Trinajstić information content (AvgIpc) is 3.22. The second kappa shape index (κ2) is 9.36. The number of rotatable bonds is 7. The van der Waals surface area contributed by atoms with Crippen LogP contribution in [0.25, 0.3) is 22.5 Å². The number of anilines is 1. The number of nitrogens with zero attached hydrogens (tertiary/aromatic N) is 4. The van der Waals surface area contributed by atoms with E-state index in [9.17, 15) is 4.79 Å². The highest BCUT2D eigenvalue weighted by atomic mass is 16.5. The summed E-state index contributed by atoms with van der Waals surface area (Å²) in [7, 11) is 3.33. The van der Waals surface area contributed by atoms with Crippen molar-refractivity contribution in [2.24, 2.45) is 0 Å². The second-order valence-corrected chi connectivity index (χ2v) is 6.95. The SMILES string of the molecule is CNCc1ncc(-c2ccc(NC(=O)c3c(-c4ccccc4)noc3C)c(OC)n2)cn1. The van der Waals surface area contributed by atoms with Gasteiger partial charge in [-0.15, -0.1) is 0 Å². The number of nitrogens with one attached hydrogen (secondary N) is 2. The normalized spacial score (nSPS) is 10.7. The molecule has 0 aliphatic heterocycles. The molecule has 4 aromatic rings. The zero-order valence-corrected chi connectivity index (χ0v) is 17.9. The van der Waals surface area contributed by atoms with E-state index in [1.807, 2.05) is 37.4 Å². The maximum Gasteiger partial charge on any atom is 0.261 e. The lowest BCUT2D eigenvalue weighted by molar-refractivity contribution is 0.102. The molecule has 0 aliphatic carbocycles. The van der Waals surface area contributed by atoms with Crippen LogP contribution in [0.5, 0.6) is 5.88 Å². The highest BCUT2D eigenvalue weighted by molar-refractivity contribution is 6.09. The minimum absolute atomic E-state index is 0.269. The Balaban J connectivity index is 1.60. The third-order valence-electron chi connectivity index (χ3n) is 4.77. The molecule has 9 heteroatoms. The lowest BCUT2D eigenvalue weighted by Crippen LogP contribution is -2.14. The molecule has 0 bridgehead atoms. The summed E-state index contributed by atoms with van der Waals surface area (Å²) in [4.78, 5) is 26.2. The van der Waals surface area contributed by atoms with Gasteiger partial charge in [0.05, 0.1) is 19.3 Å². The van der Waals surface area contributed by atoms with Gasteiger partial charge < -0.3 is 19.9 Å². The summed E-state index contributed by atoms with van der Waals surface area (Å²) in [5.74, 6) is 1.01. The topological polar surface area (TPSA) is 115 Å². The van der Waals surface area contributed by atoms with Gasteiger partial charge in [-0.25, -0.2) is 15.0 Å². The van der Waals surface area contributed by atoms with Gasteiger partial charge in [0.15, 0.2) is 0 Å². The van der Waals surface area contributed by atoms with Gasteiger partial charge >= 0.3 is 0 Å². The number of amides is 1. The van der Waals surface area contributed by atoms with Crippen molar-refractivity contribution in [1.29, 1.82) is 0 Å². The number of carbonyl (C=O) groups excluding carboxylic acids is 1. The lowest BCUT2D eigenvalue weighted by atomic mass is 10.1. The fraction of sp³-hybridized carbons (Fsp3) is 0.174. The van der Waals surface area contributed by atoms with Gasteiger partial charge in [-0.05, 0) is 26.1 Å². The van der Waals surface area contributed by atoms with E-state index >= 15 is 0 Å². The summed E-state index contributed by atoms with van der Waals surface area (Å²) >= 11 is 0. The van der Waals surface area contributed by atoms with Gasteiger partial charge in [0.25, 0.3) is 5.91 Å². The number of carbonyl (C=O) groups is 1. The zero-order valence-electron chi connectivity index (χ0n) is 17.9. The molecule has 2 N–H and O–H groups in total. The number of methoxy groups -OCH3 is 1. The number of hydrogen-bond acceptors (Lipinski definition) is 8. The minimum atomic E-state index is -0.366. The summed E-state index contributed by atoms with van der Waals surface area (Å²) in [6, 6.07) is 12.9. The largest absolute Gasteiger partial charge is 0.479 e. The molecular weight excluding hydrogens is 408 g/mol. The van der Waals surface area contributed by atoms with Crippen LogP contribution < -0.4 is 15.4 Å². The number of hydrogen-bond donors (Lipinski definition) is 2. The number of aryl methyl sites for hydroxylation is 1. The van der Waals surface area contributed by atoms with Crippen molar-refractivity contribution < 1.29 is 14.1 Å². The summed E-state index contributed by atoms with van der Waals surface area (Å²) < 4.78 is 10.7. The van der Waals surface area contributed by atoms with E-state index < -0.39 is 0 Å². The number of aromatic nitrogens is 4. The average molecular weight is 430 g/mol. The number of benzene rings is 1. The van der Waals surface area contributed by atoms with Crippen LogP contribution in [-0.4, -0.2) is 40.2 Å². The molecule has 0 spiro atoms. The molecule has 9 nitrogen and oxygen atoms in total. The predicted molar refractivity (Wildman–Crippen MR) is 119 cm³/mol. The second-order valence-electron chi connectivity index (χ2n) is 6.95. The van der Waals surface area contributed by atoms with Crippen LogP contribution in [-0.2, 0) is 6.54 Å². The molecule has 4 rings (SSSR count). The third-order valence-corrected chi connectivity index (χ3v) is 4.77. The van der Waals surface area contributed by atoms with Crippen molar-refractivity contribution in [1.82, 2.24) is 25.4 Å². The molecule has 0 radical (unpaired) electrons. The molecule has 32 heavy (non-hydrogen) atoms. The van der Waals surface area contributed by atoms with E-state index in [1.54, 1.807) is 31.5 Å². The van der Waals surface area contributed by atoms with Gasteiger partial charge in [0.1, 0.15) is 28.5 Å². The fourth-order valence-electron chi connectivity index (χ4n) is 3.21. The van der Waals surface area contributed by atoms with Crippen molar-refractivity contribution in [2.75, 3.05) is 19.5 Å². The maximum atomic E-state index is 13.1. The first-order valence-corrected chi connectivity index (χ1v) is 9.94. The Hall–Kier alpha value is -4.11. The highest BCUT2D eigenvalue weighted by Crippen LogP contribution is 2.29. The molecule has 3 aromatic heterocycles.